The standard InChI is InChI=1S/C44H60N8O6/c1-23(2)37(49-43(55)57-9)41(53)51-27(7)25(5)19-35(51)39-45-21-33(47-39)31-15-11-29(12-16-31)30-13-17-32(18-14-30)34-22-46-40(48-34)36-20-26(6)28(8)52(36)42(54)38(24(3)4)50-44(56)58-10/h11-18,21,23-28,35-38,40,46H,19-20,22H2,1-10H3,(H,45,47)(H,49,55)(H,50,56). The van der Waals surface area contributed by atoms with Gasteiger partial charge in [-0.1, -0.05) is 90.1 Å². The van der Waals surface area contributed by atoms with Crippen LogP contribution in [0.15, 0.2) is 59.7 Å². The Morgan fingerprint density at radius 3 is 1.72 bits per heavy atom. The number of nitrogens with zero attached hydrogens (tertiary/aromatic N) is 4. The van der Waals surface area contributed by atoms with Gasteiger partial charge < -0.3 is 34.9 Å². The van der Waals surface area contributed by atoms with Crippen LogP contribution < -0.4 is 16.0 Å². The first kappa shape index (κ1) is 42.4. The molecule has 4 N–H and O–H groups in total. The molecule has 3 aromatic rings. The van der Waals surface area contributed by atoms with Gasteiger partial charge in [0.25, 0.3) is 0 Å². The third-order valence-corrected chi connectivity index (χ3v) is 12.5. The smallest absolute Gasteiger partial charge is 0.407 e. The van der Waals surface area contributed by atoms with Crippen LogP contribution in [0, 0.1) is 23.7 Å². The molecule has 3 aliphatic rings. The Morgan fingerprint density at radius 2 is 1.19 bits per heavy atom. The monoisotopic (exact) mass is 796 g/mol. The van der Waals surface area contributed by atoms with Gasteiger partial charge in [0.05, 0.1) is 43.9 Å². The molecule has 9 atom stereocenters. The van der Waals surface area contributed by atoms with E-state index in [1.165, 1.54) is 14.2 Å². The number of aliphatic imine (C=N–C) groups is 1. The number of aromatic nitrogens is 2. The number of imidazole rings is 1. The summed E-state index contributed by atoms with van der Waals surface area (Å²) >= 11 is 0. The number of aromatic amines is 1. The summed E-state index contributed by atoms with van der Waals surface area (Å²) in [4.78, 5) is 69.1. The zero-order chi connectivity index (χ0) is 42.0. The van der Waals surface area contributed by atoms with Gasteiger partial charge in [-0.05, 0) is 72.6 Å². The molecule has 4 heterocycles. The summed E-state index contributed by atoms with van der Waals surface area (Å²) in [6, 6.07) is 14.9. The maximum atomic E-state index is 13.9. The fraction of sp³-hybridized carbons (Fsp3) is 0.545. The van der Waals surface area contributed by atoms with E-state index in [1.54, 1.807) is 0 Å². The largest absolute Gasteiger partial charge is 0.453 e. The van der Waals surface area contributed by atoms with Gasteiger partial charge in [-0.15, -0.1) is 0 Å². The molecule has 58 heavy (non-hydrogen) atoms. The lowest BCUT2D eigenvalue weighted by Crippen LogP contribution is -2.57. The van der Waals surface area contributed by atoms with E-state index >= 15 is 0 Å². The Labute approximate surface area is 341 Å². The summed E-state index contributed by atoms with van der Waals surface area (Å²) in [5.41, 5.74) is 5.94. The van der Waals surface area contributed by atoms with Crippen LogP contribution in [0.1, 0.15) is 85.7 Å². The van der Waals surface area contributed by atoms with Crippen LogP contribution in [0.25, 0.3) is 22.4 Å². The van der Waals surface area contributed by atoms with E-state index in [0.717, 1.165) is 52.3 Å². The zero-order valence-corrected chi connectivity index (χ0v) is 35.4. The van der Waals surface area contributed by atoms with Crippen LogP contribution in [0.5, 0.6) is 0 Å². The molecule has 0 spiro atoms. The third kappa shape index (κ3) is 8.62. The molecule has 2 saturated heterocycles. The molecule has 3 aliphatic heterocycles. The van der Waals surface area contributed by atoms with Gasteiger partial charge in [-0.3, -0.25) is 19.9 Å². The first-order chi connectivity index (χ1) is 27.6. The van der Waals surface area contributed by atoms with Crippen LogP contribution in [0.4, 0.5) is 9.59 Å². The number of hydrogen-bond acceptors (Lipinski definition) is 9. The van der Waals surface area contributed by atoms with Gasteiger partial charge >= 0.3 is 12.2 Å². The average molecular weight is 797 g/mol. The number of nitrogens with one attached hydrogen (secondary N) is 4. The number of amides is 4. The number of likely N-dealkylation sites (tertiary alicyclic amines) is 2. The van der Waals surface area contributed by atoms with Crippen LogP contribution in [0.3, 0.4) is 0 Å². The Kier molecular flexibility index (Phi) is 12.9. The summed E-state index contributed by atoms with van der Waals surface area (Å²) in [6.45, 7) is 16.7. The average Bonchev–Trinajstić information content (AvgIpc) is 4.02. The first-order valence-electron chi connectivity index (χ1n) is 20.5. The van der Waals surface area contributed by atoms with Crippen LogP contribution in [0.2, 0.25) is 0 Å². The Hall–Kier alpha value is -5.24. The number of carbonyl (C=O) groups excluding carboxylic acids is 4. The minimum Gasteiger partial charge on any atom is -0.453 e. The van der Waals surface area contributed by atoms with Gasteiger partial charge in [0, 0.05) is 18.6 Å². The number of alkyl carbamates (subject to hydrolysis) is 2. The molecule has 9 unspecified atom stereocenters. The van der Waals surface area contributed by atoms with E-state index in [9.17, 15) is 19.2 Å². The van der Waals surface area contributed by atoms with E-state index in [1.807, 2.05) is 50.6 Å². The summed E-state index contributed by atoms with van der Waals surface area (Å²) in [6.07, 6.45) is 1.89. The van der Waals surface area contributed by atoms with Crippen molar-refractivity contribution in [3.63, 3.8) is 0 Å². The summed E-state index contributed by atoms with van der Waals surface area (Å²) in [5.74, 6) is 0.761. The van der Waals surface area contributed by atoms with Crippen molar-refractivity contribution in [3.05, 3.63) is 66.1 Å². The molecule has 1 aromatic heterocycles. The highest BCUT2D eigenvalue weighted by Gasteiger charge is 2.47. The highest BCUT2D eigenvalue weighted by Crippen LogP contribution is 2.40. The molecule has 2 aromatic carbocycles. The SMILES string of the molecule is COC(=O)NC(C(=O)N1C(c2ncc(-c3ccc(-c4ccc(C5=NC(C6CC(C)C(C)N6C(=O)C(NC(=O)OC)C(C)C)NC5)cc4)cc3)[nH]2)CC(C)C1C)C(C)C. The second-order valence-electron chi connectivity index (χ2n) is 16.9. The molecule has 4 amide bonds. The Bertz CT molecular complexity index is 1980. The number of H-pyrrole nitrogens is 1. The second kappa shape index (κ2) is 17.7. The van der Waals surface area contributed by atoms with Crippen molar-refractivity contribution in [2.45, 2.75) is 111 Å². The molecule has 0 aliphatic carbocycles. The third-order valence-electron chi connectivity index (χ3n) is 12.5. The van der Waals surface area contributed by atoms with E-state index in [2.05, 4.69) is 90.2 Å². The Balaban J connectivity index is 1.13. The molecule has 0 saturated carbocycles. The number of methoxy groups -OCH3 is 2. The summed E-state index contributed by atoms with van der Waals surface area (Å²) in [5, 5.41) is 9.03. The molecule has 0 bridgehead atoms. The Morgan fingerprint density at radius 1 is 0.707 bits per heavy atom. The predicted octanol–water partition coefficient (Wildman–Crippen LogP) is 6.15. The molecule has 14 nitrogen and oxygen atoms in total. The lowest BCUT2D eigenvalue weighted by molar-refractivity contribution is -0.138. The first-order valence-corrected chi connectivity index (χ1v) is 20.5. The van der Waals surface area contributed by atoms with Crippen molar-refractivity contribution < 1.29 is 28.7 Å². The number of benzene rings is 2. The molecular formula is C44H60N8O6. The molecule has 0 radical (unpaired) electrons. The maximum absolute atomic E-state index is 13.9. The fourth-order valence-electron chi connectivity index (χ4n) is 8.66. The minimum absolute atomic E-state index is 0.00190. The van der Waals surface area contributed by atoms with Crippen molar-refractivity contribution >= 4 is 29.7 Å². The number of carbonyl (C=O) groups is 4. The highest BCUT2D eigenvalue weighted by molar-refractivity contribution is 6.03. The van der Waals surface area contributed by atoms with Crippen molar-refractivity contribution in [1.29, 1.82) is 0 Å². The van der Waals surface area contributed by atoms with Gasteiger partial charge in [0.15, 0.2) is 0 Å². The molecule has 14 heteroatoms. The van der Waals surface area contributed by atoms with Crippen molar-refractivity contribution in [2.24, 2.45) is 28.7 Å². The maximum Gasteiger partial charge on any atom is 0.407 e. The van der Waals surface area contributed by atoms with E-state index in [-0.39, 0.29) is 65.8 Å². The van der Waals surface area contributed by atoms with Crippen LogP contribution in [-0.4, -0.2) is 107 Å². The zero-order valence-electron chi connectivity index (χ0n) is 35.4. The summed E-state index contributed by atoms with van der Waals surface area (Å²) in [7, 11) is 2.60. The van der Waals surface area contributed by atoms with Crippen molar-refractivity contribution in [1.82, 2.24) is 35.7 Å². The van der Waals surface area contributed by atoms with Crippen molar-refractivity contribution in [3.8, 4) is 22.4 Å². The number of ether oxygens (including phenoxy) is 2. The summed E-state index contributed by atoms with van der Waals surface area (Å²) < 4.78 is 9.62. The van der Waals surface area contributed by atoms with E-state index < -0.39 is 24.3 Å². The fourth-order valence-corrected chi connectivity index (χ4v) is 8.66. The lowest BCUT2D eigenvalue weighted by Gasteiger charge is -2.35. The molecule has 2 fully saturated rings. The molecule has 6 rings (SSSR count). The van der Waals surface area contributed by atoms with Crippen molar-refractivity contribution in [2.75, 3.05) is 20.8 Å². The normalized spacial score (nSPS) is 25.4. The lowest BCUT2D eigenvalue weighted by atomic mass is 10.0. The minimum atomic E-state index is -0.715. The molecular weight excluding hydrogens is 737 g/mol. The van der Waals surface area contributed by atoms with Crippen LogP contribution in [-0.2, 0) is 19.1 Å². The predicted molar refractivity (Wildman–Crippen MR) is 223 cm³/mol. The van der Waals surface area contributed by atoms with E-state index in [0.29, 0.717) is 6.54 Å². The quantitative estimate of drug-likeness (QED) is 0.179. The van der Waals surface area contributed by atoms with Gasteiger partial charge in [0.2, 0.25) is 11.8 Å². The number of hydrogen-bond donors (Lipinski definition) is 4. The van der Waals surface area contributed by atoms with Gasteiger partial charge in [0.1, 0.15) is 24.1 Å². The second-order valence-corrected chi connectivity index (χ2v) is 16.9. The van der Waals surface area contributed by atoms with E-state index in [4.69, 9.17) is 19.5 Å². The van der Waals surface area contributed by atoms with Crippen LogP contribution >= 0.6 is 0 Å². The molecule has 312 valence electrons. The topological polar surface area (TPSA) is 170 Å². The highest BCUT2D eigenvalue weighted by atomic mass is 16.5. The van der Waals surface area contributed by atoms with Gasteiger partial charge in [-0.25, -0.2) is 14.6 Å². The number of rotatable bonds is 11. The van der Waals surface area contributed by atoms with Gasteiger partial charge in [-0.2, -0.15) is 0 Å².